The summed E-state index contributed by atoms with van der Waals surface area (Å²) in [5, 5.41) is 18.1. The van der Waals surface area contributed by atoms with Crippen LogP contribution in [-0.2, 0) is 6.42 Å². The van der Waals surface area contributed by atoms with Crippen molar-refractivity contribution >= 4 is 5.57 Å². The van der Waals surface area contributed by atoms with Crippen LogP contribution in [-0.4, -0.2) is 39.3 Å². The van der Waals surface area contributed by atoms with Gasteiger partial charge in [-0.2, -0.15) is 0 Å². The Morgan fingerprint density at radius 3 is 2.59 bits per heavy atom. The lowest BCUT2D eigenvalue weighted by molar-refractivity contribution is 0.256. The van der Waals surface area contributed by atoms with Gasteiger partial charge < -0.3 is 9.52 Å². The molecule has 1 aromatic carbocycles. The second-order valence-electron chi connectivity index (χ2n) is 5.73. The van der Waals surface area contributed by atoms with Gasteiger partial charge in [0.05, 0.1) is 18.5 Å². The molecule has 2 heterocycles. The monoisotopic (exact) mass is 303 g/mol. The molecule has 0 radical (unpaired) electrons. The van der Waals surface area contributed by atoms with Crippen LogP contribution in [0.3, 0.4) is 0 Å². The zero-order chi connectivity index (χ0) is 15.7. The van der Waals surface area contributed by atoms with E-state index in [-0.39, 0.29) is 11.6 Å². The van der Waals surface area contributed by atoms with E-state index in [0.29, 0.717) is 42.9 Å². The van der Waals surface area contributed by atoms with Crippen molar-refractivity contribution in [3.63, 3.8) is 0 Å². The third-order valence-corrected chi connectivity index (χ3v) is 3.79. The van der Waals surface area contributed by atoms with E-state index >= 15 is 0 Å². The van der Waals surface area contributed by atoms with Crippen molar-refractivity contribution in [1.82, 2.24) is 15.1 Å². The van der Waals surface area contributed by atoms with E-state index in [0.717, 1.165) is 5.56 Å². The minimum Gasteiger partial charge on any atom is -0.510 e. The fraction of sp³-hybridized carbons (Fsp3) is 0.375. The van der Waals surface area contributed by atoms with Gasteiger partial charge in [-0.15, -0.1) is 10.2 Å². The molecule has 0 unspecified atom stereocenters. The van der Waals surface area contributed by atoms with Crippen LogP contribution in [0.4, 0.5) is 4.39 Å². The summed E-state index contributed by atoms with van der Waals surface area (Å²) in [4.78, 5) is 2.12. The molecule has 0 fully saturated rings. The van der Waals surface area contributed by atoms with Gasteiger partial charge in [-0.3, -0.25) is 4.90 Å². The molecule has 0 aliphatic carbocycles. The standard InChI is InChI=1S/C16H18FN3O2/c1-10(2)20-8-13(14(21)9-20)16-19-18-15(22-16)7-11-3-5-12(17)6-4-11/h3-6,10,21H,7-9H2,1-2H3. The van der Waals surface area contributed by atoms with E-state index in [4.69, 9.17) is 4.42 Å². The maximum atomic E-state index is 12.9. The lowest BCUT2D eigenvalue weighted by Crippen LogP contribution is -2.28. The first-order chi connectivity index (χ1) is 10.5. The molecule has 1 N–H and O–H groups in total. The number of hydrogen-bond acceptors (Lipinski definition) is 5. The van der Waals surface area contributed by atoms with Gasteiger partial charge in [-0.25, -0.2) is 4.39 Å². The number of rotatable bonds is 4. The molecule has 5 nitrogen and oxygen atoms in total. The van der Waals surface area contributed by atoms with Crippen molar-refractivity contribution in [2.45, 2.75) is 26.3 Å². The maximum Gasteiger partial charge on any atom is 0.248 e. The number of aliphatic hydroxyl groups excluding tert-OH is 1. The van der Waals surface area contributed by atoms with Crippen LogP contribution < -0.4 is 0 Å². The molecule has 0 amide bonds. The zero-order valence-corrected chi connectivity index (χ0v) is 12.6. The zero-order valence-electron chi connectivity index (χ0n) is 12.6. The van der Waals surface area contributed by atoms with Gasteiger partial charge in [0.15, 0.2) is 0 Å². The number of nitrogens with zero attached hydrogens (tertiary/aromatic N) is 3. The summed E-state index contributed by atoms with van der Waals surface area (Å²) < 4.78 is 18.5. The molecule has 22 heavy (non-hydrogen) atoms. The smallest absolute Gasteiger partial charge is 0.248 e. The van der Waals surface area contributed by atoms with Crippen LogP contribution in [0.5, 0.6) is 0 Å². The highest BCUT2D eigenvalue weighted by Crippen LogP contribution is 2.26. The number of aromatic nitrogens is 2. The van der Waals surface area contributed by atoms with Crippen molar-refractivity contribution in [3.05, 3.63) is 53.2 Å². The predicted octanol–water partition coefficient (Wildman–Crippen LogP) is 2.79. The van der Waals surface area contributed by atoms with Crippen LogP contribution >= 0.6 is 0 Å². The molecule has 1 aromatic heterocycles. The SMILES string of the molecule is CC(C)N1CC(O)=C(c2nnc(Cc3ccc(F)cc3)o2)C1. The minimum absolute atomic E-state index is 0.273. The summed E-state index contributed by atoms with van der Waals surface area (Å²) in [6.07, 6.45) is 0.440. The van der Waals surface area contributed by atoms with Gasteiger partial charge in [0.1, 0.15) is 11.6 Å². The number of hydrogen-bond donors (Lipinski definition) is 1. The van der Waals surface area contributed by atoms with Gasteiger partial charge in [0.2, 0.25) is 11.8 Å². The van der Waals surface area contributed by atoms with Crippen molar-refractivity contribution in [3.8, 4) is 0 Å². The number of benzene rings is 1. The molecule has 1 aliphatic rings. The topological polar surface area (TPSA) is 62.4 Å². The fourth-order valence-corrected chi connectivity index (χ4v) is 2.42. The average molecular weight is 303 g/mol. The third-order valence-electron chi connectivity index (χ3n) is 3.79. The van der Waals surface area contributed by atoms with Gasteiger partial charge in [-0.05, 0) is 31.5 Å². The molecule has 0 saturated heterocycles. The summed E-state index contributed by atoms with van der Waals surface area (Å²) in [6, 6.07) is 6.51. The van der Waals surface area contributed by atoms with Crippen LogP contribution in [0.2, 0.25) is 0 Å². The Balaban J connectivity index is 1.74. The molecule has 0 bridgehead atoms. The van der Waals surface area contributed by atoms with E-state index < -0.39 is 0 Å². The first-order valence-electron chi connectivity index (χ1n) is 7.25. The van der Waals surface area contributed by atoms with E-state index in [9.17, 15) is 9.50 Å². The van der Waals surface area contributed by atoms with Crippen LogP contribution in [0.1, 0.15) is 31.2 Å². The molecule has 0 saturated carbocycles. The minimum atomic E-state index is -0.273. The Morgan fingerprint density at radius 2 is 1.95 bits per heavy atom. The highest BCUT2D eigenvalue weighted by Gasteiger charge is 2.27. The second-order valence-corrected chi connectivity index (χ2v) is 5.73. The van der Waals surface area contributed by atoms with Gasteiger partial charge in [0, 0.05) is 12.6 Å². The number of aliphatic hydroxyl groups is 1. The normalized spacial score (nSPS) is 16.0. The summed E-state index contributed by atoms with van der Waals surface area (Å²) in [5.74, 6) is 0.818. The summed E-state index contributed by atoms with van der Waals surface area (Å²) in [6.45, 7) is 5.25. The van der Waals surface area contributed by atoms with Crippen LogP contribution in [0.15, 0.2) is 34.4 Å². The highest BCUT2D eigenvalue weighted by atomic mass is 19.1. The van der Waals surface area contributed by atoms with Crippen LogP contribution in [0.25, 0.3) is 5.57 Å². The summed E-state index contributed by atoms with van der Waals surface area (Å²) in [5.41, 5.74) is 1.58. The maximum absolute atomic E-state index is 12.9. The Labute approximate surface area is 128 Å². The second kappa shape index (κ2) is 5.88. The third kappa shape index (κ3) is 3.01. The van der Waals surface area contributed by atoms with Crippen molar-refractivity contribution < 1.29 is 13.9 Å². The largest absolute Gasteiger partial charge is 0.510 e. The molecule has 2 aromatic rings. The Hall–Kier alpha value is -2.21. The molecular weight excluding hydrogens is 285 g/mol. The van der Waals surface area contributed by atoms with E-state index in [2.05, 4.69) is 28.9 Å². The Bertz CT molecular complexity index is 692. The van der Waals surface area contributed by atoms with Gasteiger partial charge in [0.25, 0.3) is 0 Å². The Kier molecular flexibility index (Phi) is 3.94. The molecule has 116 valence electrons. The molecular formula is C16H18FN3O2. The quantitative estimate of drug-likeness (QED) is 0.941. The van der Waals surface area contributed by atoms with Crippen molar-refractivity contribution in [2.75, 3.05) is 13.1 Å². The summed E-state index contributed by atoms with van der Waals surface area (Å²) in [7, 11) is 0. The number of halogens is 1. The fourth-order valence-electron chi connectivity index (χ4n) is 2.42. The van der Waals surface area contributed by atoms with Crippen molar-refractivity contribution in [2.24, 2.45) is 0 Å². The van der Waals surface area contributed by atoms with Crippen LogP contribution in [0, 0.1) is 5.82 Å². The van der Waals surface area contributed by atoms with Crippen molar-refractivity contribution in [1.29, 1.82) is 0 Å². The van der Waals surface area contributed by atoms with E-state index in [1.165, 1.54) is 12.1 Å². The van der Waals surface area contributed by atoms with Gasteiger partial charge in [-0.1, -0.05) is 12.1 Å². The van der Waals surface area contributed by atoms with E-state index in [1.54, 1.807) is 12.1 Å². The first-order valence-corrected chi connectivity index (χ1v) is 7.25. The average Bonchev–Trinajstić information content (AvgIpc) is 3.08. The molecule has 6 heteroatoms. The Morgan fingerprint density at radius 1 is 1.23 bits per heavy atom. The summed E-state index contributed by atoms with van der Waals surface area (Å²) >= 11 is 0. The molecule has 0 spiro atoms. The lowest BCUT2D eigenvalue weighted by Gasteiger charge is -2.19. The molecule has 0 atom stereocenters. The molecule has 1 aliphatic heterocycles. The molecule has 3 rings (SSSR count). The predicted molar refractivity (Wildman–Crippen MR) is 79.8 cm³/mol. The first kappa shape index (κ1) is 14.7. The highest BCUT2D eigenvalue weighted by molar-refractivity contribution is 5.64. The van der Waals surface area contributed by atoms with Gasteiger partial charge >= 0.3 is 0 Å². The lowest BCUT2D eigenvalue weighted by atomic mass is 10.1. The van der Waals surface area contributed by atoms with E-state index in [1.807, 2.05) is 0 Å².